The zero-order valence-corrected chi connectivity index (χ0v) is 12.7. The maximum atomic E-state index is 11.5. The molecule has 0 fully saturated rings. The molecule has 0 atom stereocenters. The van der Waals surface area contributed by atoms with Crippen molar-refractivity contribution in [1.82, 2.24) is 0 Å². The quantitative estimate of drug-likeness (QED) is 0.357. The molecule has 0 aliphatic carbocycles. The van der Waals surface area contributed by atoms with Crippen LogP contribution in [0.3, 0.4) is 0 Å². The van der Waals surface area contributed by atoms with Crippen molar-refractivity contribution < 1.29 is 14.3 Å². The van der Waals surface area contributed by atoms with Crippen molar-refractivity contribution in [2.45, 2.75) is 58.8 Å². The molecule has 0 heterocycles. The summed E-state index contributed by atoms with van der Waals surface area (Å²) in [6, 6.07) is 7.64. The molecule has 0 saturated carbocycles. The highest BCUT2D eigenvalue weighted by Gasteiger charge is 2.05. The number of ether oxygens (including phenoxy) is 2. The molecule has 3 heteroatoms. The van der Waals surface area contributed by atoms with Gasteiger partial charge in [0.05, 0.1) is 6.61 Å². The van der Waals surface area contributed by atoms with E-state index in [0.29, 0.717) is 12.4 Å². The van der Waals surface area contributed by atoms with E-state index in [0.717, 1.165) is 19.3 Å². The van der Waals surface area contributed by atoms with E-state index in [1.54, 1.807) is 0 Å². The monoisotopic (exact) mass is 278 g/mol. The molecule has 1 rings (SSSR count). The number of carbonyl (C=O) groups excluding carboxylic acids is 1. The minimum absolute atomic E-state index is 0.438. The van der Waals surface area contributed by atoms with Gasteiger partial charge >= 0.3 is 6.16 Å². The highest BCUT2D eigenvalue weighted by atomic mass is 16.7. The van der Waals surface area contributed by atoms with Gasteiger partial charge in [0.15, 0.2) is 0 Å². The molecule has 0 unspecified atom stereocenters. The van der Waals surface area contributed by atoms with Crippen molar-refractivity contribution in [2.24, 2.45) is 0 Å². The fraction of sp³-hybridized carbons (Fsp3) is 0.588. The fourth-order valence-electron chi connectivity index (χ4n) is 1.92. The maximum Gasteiger partial charge on any atom is 0.513 e. The van der Waals surface area contributed by atoms with E-state index in [2.05, 4.69) is 13.8 Å². The normalized spacial score (nSPS) is 10.3. The van der Waals surface area contributed by atoms with Crippen molar-refractivity contribution in [3.8, 4) is 5.75 Å². The Morgan fingerprint density at radius 1 is 0.950 bits per heavy atom. The number of hydrogen-bond donors (Lipinski definition) is 0. The number of unbranched alkanes of at least 4 members (excludes halogenated alkanes) is 4. The van der Waals surface area contributed by atoms with Gasteiger partial charge in [-0.1, -0.05) is 51.7 Å². The number of benzene rings is 1. The third-order valence-electron chi connectivity index (χ3n) is 3.16. The van der Waals surface area contributed by atoms with Crippen LogP contribution >= 0.6 is 0 Å². The largest absolute Gasteiger partial charge is 0.513 e. The lowest BCUT2D eigenvalue weighted by Crippen LogP contribution is -2.11. The Hall–Kier alpha value is -1.51. The lowest BCUT2D eigenvalue weighted by molar-refractivity contribution is 0.0973. The van der Waals surface area contributed by atoms with Gasteiger partial charge in [0.1, 0.15) is 5.75 Å². The first-order chi connectivity index (χ1) is 9.76. The predicted octanol–water partition coefficient (Wildman–Crippen LogP) is 5.12. The zero-order valence-electron chi connectivity index (χ0n) is 12.7. The molecule has 0 aliphatic heterocycles. The van der Waals surface area contributed by atoms with E-state index in [1.807, 2.05) is 24.3 Å². The standard InChI is InChI=1S/C17H26O3/c1-3-5-7-8-14-19-17(18)20-16-12-10-15(11-13-16)9-6-4-2/h10-13H,3-9,14H2,1-2H3. The van der Waals surface area contributed by atoms with E-state index in [1.165, 1.54) is 31.2 Å². The molecule has 1 aromatic rings. The third kappa shape index (κ3) is 7.17. The average Bonchev–Trinajstić information content (AvgIpc) is 2.46. The van der Waals surface area contributed by atoms with E-state index < -0.39 is 6.16 Å². The lowest BCUT2D eigenvalue weighted by atomic mass is 10.1. The molecule has 20 heavy (non-hydrogen) atoms. The van der Waals surface area contributed by atoms with Crippen LogP contribution in [0.25, 0.3) is 0 Å². The summed E-state index contributed by atoms with van der Waals surface area (Å²) in [5.41, 5.74) is 1.27. The van der Waals surface area contributed by atoms with E-state index in [-0.39, 0.29) is 0 Å². The van der Waals surface area contributed by atoms with Crippen molar-refractivity contribution in [2.75, 3.05) is 6.61 Å². The second kappa shape index (κ2) is 10.3. The molecule has 0 radical (unpaired) electrons. The lowest BCUT2D eigenvalue weighted by Gasteiger charge is -2.06. The molecule has 0 N–H and O–H groups in total. The Morgan fingerprint density at radius 3 is 2.30 bits per heavy atom. The highest BCUT2D eigenvalue weighted by Crippen LogP contribution is 2.14. The van der Waals surface area contributed by atoms with Crippen LogP contribution in [0.1, 0.15) is 57.9 Å². The third-order valence-corrected chi connectivity index (χ3v) is 3.16. The molecule has 0 saturated heterocycles. The van der Waals surface area contributed by atoms with Crippen LogP contribution in [0.5, 0.6) is 5.75 Å². The molecule has 3 nitrogen and oxygen atoms in total. The molecule has 0 aliphatic rings. The van der Waals surface area contributed by atoms with Crippen molar-refractivity contribution >= 4 is 6.16 Å². The second-order valence-electron chi connectivity index (χ2n) is 5.01. The number of carbonyl (C=O) groups is 1. The van der Waals surface area contributed by atoms with Gasteiger partial charge in [-0.15, -0.1) is 0 Å². The van der Waals surface area contributed by atoms with Crippen LogP contribution in [-0.4, -0.2) is 12.8 Å². The Labute approximate surface area is 122 Å². The van der Waals surface area contributed by atoms with Crippen LogP contribution in [0.4, 0.5) is 4.79 Å². The number of aryl methyl sites for hydroxylation is 1. The molecule has 0 bridgehead atoms. The Balaban J connectivity index is 2.24. The Bertz CT molecular complexity index is 370. The van der Waals surface area contributed by atoms with Crippen LogP contribution in [-0.2, 0) is 11.2 Å². The summed E-state index contributed by atoms with van der Waals surface area (Å²) in [6.45, 7) is 4.76. The molecule has 0 spiro atoms. The summed E-state index contributed by atoms with van der Waals surface area (Å²) >= 11 is 0. The molecular formula is C17H26O3. The first-order valence-corrected chi connectivity index (χ1v) is 7.69. The van der Waals surface area contributed by atoms with Crippen molar-refractivity contribution in [3.63, 3.8) is 0 Å². The summed E-state index contributed by atoms with van der Waals surface area (Å²) in [4.78, 5) is 11.5. The first kappa shape index (κ1) is 16.5. The first-order valence-electron chi connectivity index (χ1n) is 7.69. The zero-order chi connectivity index (χ0) is 14.6. The van der Waals surface area contributed by atoms with Crippen LogP contribution in [0.15, 0.2) is 24.3 Å². The molecule has 0 amide bonds. The van der Waals surface area contributed by atoms with Crippen LogP contribution < -0.4 is 4.74 Å². The van der Waals surface area contributed by atoms with Gasteiger partial charge in [-0.3, -0.25) is 0 Å². The molecule has 112 valence electrons. The van der Waals surface area contributed by atoms with Gasteiger partial charge in [0.2, 0.25) is 0 Å². The Kier molecular flexibility index (Phi) is 8.52. The van der Waals surface area contributed by atoms with Gasteiger partial charge in [-0.25, -0.2) is 4.79 Å². The van der Waals surface area contributed by atoms with E-state index >= 15 is 0 Å². The summed E-state index contributed by atoms with van der Waals surface area (Å²) in [5, 5.41) is 0. The van der Waals surface area contributed by atoms with Gasteiger partial charge in [-0.05, 0) is 37.0 Å². The van der Waals surface area contributed by atoms with Gasteiger partial charge < -0.3 is 9.47 Å². The summed E-state index contributed by atoms with van der Waals surface area (Å²) < 4.78 is 10.1. The summed E-state index contributed by atoms with van der Waals surface area (Å²) in [5.74, 6) is 0.545. The topological polar surface area (TPSA) is 35.5 Å². The SMILES string of the molecule is CCCCCCOC(=O)Oc1ccc(CCCC)cc1. The summed E-state index contributed by atoms with van der Waals surface area (Å²) in [6.07, 6.45) is 7.17. The van der Waals surface area contributed by atoms with Crippen LogP contribution in [0, 0.1) is 0 Å². The van der Waals surface area contributed by atoms with E-state index in [9.17, 15) is 4.79 Å². The maximum absolute atomic E-state index is 11.5. The summed E-state index contributed by atoms with van der Waals surface area (Å²) in [7, 11) is 0. The van der Waals surface area contributed by atoms with E-state index in [4.69, 9.17) is 9.47 Å². The number of hydrogen-bond acceptors (Lipinski definition) is 3. The fourth-order valence-corrected chi connectivity index (χ4v) is 1.92. The minimum atomic E-state index is -0.609. The van der Waals surface area contributed by atoms with Gasteiger partial charge in [-0.2, -0.15) is 0 Å². The predicted molar refractivity (Wildman–Crippen MR) is 81.2 cm³/mol. The Morgan fingerprint density at radius 2 is 1.65 bits per heavy atom. The molecule has 1 aromatic carbocycles. The van der Waals surface area contributed by atoms with Gasteiger partial charge in [0.25, 0.3) is 0 Å². The van der Waals surface area contributed by atoms with Crippen molar-refractivity contribution in [3.05, 3.63) is 29.8 Å². The molecular weight excluding hydrogens is 252 g/mol. The molecule has 0 aromatic heterocycles. The smallest absolute Gasteiger partial charge is 0.434 e. The average molecular weight is 278 g/mol. The number of rotatable bonds is 9. The second-order valence-corrected chi connectivity index (χ2v) is 5.01. The van der Waals surface area contributed by atoms with Crippen molar-refractivity contribution in [1.29, 1.82) is 0 Å². The van der Waals surface area contributed by atoms with Gasteiger partial charge in [0, 0.05) is 0 Å². The highest BCUT2D eigenvalue weighted by molar-refractivity contribution is 5.63. The van der Waals surface area contributed by atoms with Crippen LogP contribution in [0.2, 0.25) is 0 Å². The minimum Gasteiger partial charge on any atom is -0.434 e.